The second-order valence-electron chi connectivity index (χ2n) is 16.1. The van der Waals surface area contributed by atoms with E-state index in [2.05, 4.69) is 225 Å². The van der Waals surface area contributed by atoms with Crippen LogP contribution in [0, 0.1) is 6.92 Å². The Morgan fingerprint density at radius 3 is 1.53 bits per heavy atom. The molecule has 1 atom stereocenters. The smallest absolute Gasteiger partial charge is 0.0708 e. The van der Waals surface area contributed by atoms with Crippen LogP contribution < -0.4 is 5.73 Å². The van der Waals surface area contributed by atoms with Gasteiger partial charge >= 0.3 is 0 Å². The van der Waals surface area contributed by atoms with Gasteiger partial charge in [0.15, 0.2) is 0 Å². The summed E-state index contributed by atoms with van der Waals surface area (Å²) in [6, 6.07) is 77.1. The molecule has 0 aliphatic heterocycles. The molecule has 3 aliphatic carbocycles. The van der Waals surface area contributed by atoms with Gasteiger partial charge in [-0.25, -0.2) is 0 Å². The second kappa shape index (κ2) is 15.2. The summed E-state index contributed by atoms with van der Waals surface area (Å²) in [5, 5.41) is 0. The first-order valence-corrected chi connectivity index (χ1v) is 20.9. The van der Waals surface area contributed by atoms with Crippen molar-refractivity contribution in [2.75, 3.05) is 0 Å². The fourth-order valence-electron chi connectivity index (χ4n) is 10.4. The van der Waals surface area contributed by atoms with Crippen molar-refractivity contribution in [2.45, 2.75) is 36.6 Å². The van der Waals surface area contributed by atoms with Crippen molar-refractivity contribution >= 4 is 5.57 Å². The predicted octanol–water partition coefficient (Wildman–Crippen LogP) is 13.5. The fraction of sp³-hybridized carbons (Fsp3) is 0.103. The summed E-state index contributed by atoms with van der Waals surface area (Å²) in [4.78, 5) is 0. The summed E-state index contributed by atoms with van der Waals surface area (Å²) in [7, 11) is 0. The van der Waals surface area contributed by atoms with Crippen LogP contribution >= 0.6 is 0 Å². The van der Waals surface area contributed by atoms with E-state index in [1.54, 1.807) is 0 Å². The van der Waals surface area contributed by atoms with E-state index in [1.807, 2.05) is 6.07 Å². The summed E-state index contributed by atoms with van der Waals surface area (Å²) in [6.45, 7) is 2.12. The van der Waals surface area contributed by atoms with E-state index in [4.69, 9.17) is 5.73 Å². The number of hydrogen-bond acceptors (Lipinski definition) is 1. The molecule has 59 heavy (non-hydrogen) atoms. The molecule has 0 heterocycles. The molecule has 1 nitrogen and oxygen atoms in total. The molecule has 0 saturated carbocycles. The Kier molecular flexibility index (Phi) is 9.40. The van der Waals surface area contributed by atoms with Gasteiger partial charge in [-0.3, -0.25) is 0 Å². The second-order valence-corrected chi connectivity index (χ2v) is 16.1. The summed E-state index contributed by atoms with van der Waals surface area (Å²) in [5.41, 5.74) is 25.8. The third kappa shape index (κ3) is 5.88. The normalized spacial score (nSPS) is 15.6. The molecular formula is C58H47N. The third-order valence-corrected chi connectivity index (χ3v) is 12.9. The molecule has 1 unspecified atom stereocenters. The zero-order valence-electron chi connectivity index (χ0n) is 33.4. The molecule has 0 radical (unpaired) electrons. The van der Waals surface area contributed by atoms with Gasteiger partial charge in [-0.1, -0.05) is 224 Å². The first-order chi connectivity index (χ1) is 29.1. The minimum Gasteiger partial charge on any atom is -0.320 e. The highest BCUT2D eigenvalue weighted by Crippen LogP contribution is 2.65. The van der Waals surface area contributed by atoms with Gasteiger partial charge in [0.2, 0.25) is 0 Å². The molecule has 0 amide bonds. The molecule has 0 fully saturated rings. The minimum absolute atomic E-state index is 0.186. The summed E-state index contributed by atoms with van der Waals surface area (Å²) in [6.07, 6.45) is 6.79. The Balaban J connectivity index is 0.000000276. The number of fused-ring (bicyclic) bond motifs is 8. The van der Waals surface area contributed by atoms with Crippen LogP contribution in [0.5, 0.6) is 0 Å². The lowest BCUT2D eigenvalue weighted by molar-refractivity contribution is 0.599. The van der Waals surface area contributed by atoms with Crippen molar-refractivity contribution in [3.05, 3.63) is 291 Å². The molecule has 284 valence electrons. The van der Waals surface area contributed by atoms with Gasteiger partial charge < -0.3 is 5.73 Å². The van der Waals surface area contributed by atoms with Crippen LogP contribution in [-0.2, 0) is 10.8 Å². The van der Waals surface area contributed by atoms with Crippen LogP contribution in [0.25, 0.3) is 16.7 Å². The Labute approximate surface area is 348 Å². The van der Waals surface area contributed by atoms with Gasteiger partial charge in [0.05, 0.1) is 16.9 Å². The van der Waals surface area contributed by atoms with E-state index in [9.17, 15) is 0 Å². The molecule has 2 N–H and O–H groups in total. The zero-order chi connectivity index (χ0) is 39.8. The van der Waals surface area contributed by atoms with Crippen LogP contribution in [-0.4, -0.2) is 0 Å². The van der Waals surface area contributed by atoms with E-state index in [0.717, 1.165) is 24.0 Å². The first-order valence-electron chi connectivity index (χ1n) is 20.9. The maximum atomic E-state index is 6.93. The van der Waals surface area contributed by atoms with Gasteiger partial charge in [-0.2, -0.15) is 0 Å². The van der Waals surface area contributed by atoms with E-state index in [1.165, 1.54) is 72.3 Å². The largest absolute Gasteiger partial charge is 0.320 e. The van der Waals surface area contributed by atoms with Gasteiger partial charge in [-0.15, -0.1) is 0 Å². The molecule has 0 bridgehead atoms. The van der Waals surface area contributed by atoms with Crippen LogP contribution in [0.2, 0.25) is 0 Å². The number of nitrogens with two attached hydrogens (primary N) is 1. The molecule has 1 heteroatoms. The van der Waals surface area contributed by atoms with Crippen molar-refractivity contribution in [1.29, 1.82) is 0 Å². The minimum atomic E-state index is -0.468. The van der Waals surface area contributed by atoms with E-state index >= 15 is 0 Å². The van der Waals surface area contributed by atoms with E-state index in [-0.39, 0.29) is 6.04 Å². The lowest BCUT2D eigenvalue weighted by atomic mass is 9.51. The third-order valence-electron chi connectivity index (χ3n) is 12.9. The summed E-state index contributed by atoms with van der Waals surface area (Å²) >= 11 is 0. The molecule has 8 aromatic carbocycles. The van der Waals surface area contributed by atoms with Gasteiger partial charge in [0.1, 0.15) is 0 Å². The Hall–Kier alpha value is -6.80. The predicted molar refractivity (Wildman–Crippen MR) is 245 cm³/mol. The Bertz CT molecular complexity index is 2740. The van der Waals surface area contributed by atoms with Crippen LogP contribution in [0.3, 0.4) is 0 Å². The number of allylic oxidation sites excluding steroid dienone is 4. The average Bonchev–Trinajstić information content (AvgIpc) is 3.60. The Morgan fingerprint density at radius 1 is 0.441 bits per heavy atom. The van der Waals surface area contributed by atoms with Gasteiger partial charge in [0.25, 0.3) is 0 Å². The highest BCUT2D eigenvalue weighted by molar-refractivity contribution is 5.93. The maximum absolute atomic E-state index is 6.93. The van der Waals surface area contributed by atoms with Gasteiger partial charge in [-0.05, 0) is 104 Å². The quantitative estimate of drug-likeness (QED) is 0.186. The average molecular weight is 758 g/mol. The highest BCUT2D eigenvalue weighted by Gasteiger charge is 2.57. The lowest BCUT2D eigenvalue weighted by Crippen LogP contribution is -2.45. The molecule has 0 aromatic heterocycles. The number of aryl methyl sites for hydroxylation is 1. The maximum Gasteiger partial charge on any atom is 0.0708 e. The summed E-state index contributed by atoms with van der Waals surface area (Å²) < 4.78 is 0. The first kappa shape index (κ1) is 36.5. The summed E-state index contributed by atoms with van der Waals surface area (Å²) in [5.74, 6) is 0. The SMILES string of the molecule is Cc1cccc(-c2ccccc2)c1.NC(c1ccccc1)c1ccc2c(c1)C1=C(CCC=C1)C21c2ccccc2C(c2ccccc2)(c2ccccc2)c2ccccc21. The standard InChI is InChI=1S/C45H35N.C13H12/c46-43(31-16-4-1-5-17-31)32-28-29-38-36(30-32)35-22-10-11-23-37(35)45(38)41-26-14-12-24-39(41)44(33-18-6-2-7-19-33,34-20-8-3-9-21-34)40-25-13-15-27-42(40)45;1-11-6-5-9-13(10-11)12-7-3-2-4-8-12/h1-10,12-22,24-30,43H,11,23,46H2;2-10H,1H3. The van der Waals surface area contributed by atoms with Crippen molar-refractivity contribution in [1.82, 2.24) is 0 Å². The Morgan fingerprint density at radius 2 is 0.949 bits per heavy atom. The van der Waals surface area contributed by atoms with E-state index in [0.29, 0.717) is 0 Å². The number of hydrogen-bond donors (Lipinski definition) is 1. The van der Waals surface area contributed by atoms with E-state index < -0.39 is 10.8 Å². The van der Waals surface area contributed by atoms with Gasteiger partial charge in [0, 0.05) is 0 Å². The number of benzene rings is 8. The molecular weight excluding hydrogens is 711 g/mol. The van der Waals surface area contributed by atoms with Crippen molar-refractivity contribution in [2.24, 2.45) is 5.73 Å². The molecule has 11 rings (SSSR count). The van der Waals surface area contributed by atoms with Crippen LogP contribution in [0.4, 0.5) is 0 Å². The topological polar surface area (TPSA) is 26.0 Å². The zero-order valence-corrected chi connectivity index (χ0v) is 33.4. The molecule has 0 saturated heterocycles. The van der Waals surface area contributed by atoms with Crippen molar-refractivity contribution < 1.29 is 0 Å². The number of rotatable bonds is 5. The monoisotopic (exact) mass is 757 g/mol. The fourth-order valence-corrected chi connectivity index (χ4v) is 10.4. The van der Waals surface area contributed by atoms with Crippen LogP contribution in [0.15, 0.2) is 230 Å². The molecule has 1 spiro atoms. The van der Waals surface area contributed by atoms with Crippen molar-refractivity contribution in [3.63, 3.8) is 0 Å². The molecule has 3 aliphatic rings. The highest BCUT2D eigenvalue weighted by atomic mass is 14.6. The van der Waals surface area contributed by atoms with Crippen molar-refractivity contribution in [3.8, 4) is 11.1 Å². The van der Waals surface area contributed by atoms with Crippen LogP contribution in [0.1, 0.15) is 80.1 Å². The lowest BCUT2D eigenvalue weighted by Gasteiger charge is -2.50. The molecule has 8 aromatic rings.